The largest absolute Gasteiger partial charge is 0.352 e. The highest BCUT2D eigenvalue weighted by Gasteiger charge is 2.12. The zero-order valence-corrected chi connectivity index (χ0v) is 15.5. The smallest absolute Gasteiger partial charge is 0.251 e. The van der Waals surface area contributed by atoms with Crippen LogP contribution in [0.5, 0.6) is 0 Å². The number of benzene rings is 2. The van der Waals surface area contributed by atoms with Crippen LogP contribution in [0.25, 0.3) is 0 Å². The zero-order valence-electron chi connectivity index (χ0n) is 13.2. The maximum Gasteiger partial charge on any atom is 0.251 e. The van der Waals surface area contributed by atoms with Gasteiger partial charge in [0, 0.05) is 28.0 Å². The number of amides is 2. The van der Waals surface area contributed by atoms with Crippen LogP contribution in [0.2, 0.25) is 5.02 Å². The number of hydrogen-bond acceptors (Lipinski definition) is 2. The van der Waals surface area contributed by atoms with Gasteiger partial charge in [-0.3, -0.25) is 9.59 Å². The van der Waals surface area contributed by atoms with E-state index in [9.17, 15) is 9.59 Å². The second kappa shape index (κ2) is 8.85. The molecule has 2 amide bonds. The summed E-state index contributed by atoms with van der Waals surface area (Å²) in [6.07, 6.45) is 0.216. The van der Waals surface area contributed by atoms with Gasteiger partial charge in [-0.2, -0.15) is 0 Å². The first-order valence-corrected chi connectivity index (χ1v) is 8.72. The van der Waals surface area contributed by atoms with E-state index in [0.717, 1.165) is 10.0 Å². The van der Waals surface area contributed by atoms with E-state index in [1.165, 1.54) is 0 Å². The van der Waals surface area contributed by atoms with Crippen molar-refractivity contribution in [3.8, 4) is 0 Å². The van der Waals surface area contributed by atoms with Crippen LogP contribution < -0.4 is 10.6 Å². The summed E-state index contributed by atoms with van der Waals surface area (Å²) >= 11 is 9.26. The number of carbonyl (C=O) groups excluding carboxylic acids is 2. The van der Waals surface area contributed by atoms with E-state index in [2.05, 4.69) is 26.6 Å². The van der Waals surface area contributed by atoms with Crippen molar-refractivity contribution in [2.45, 2.75) is 19.4 Å². The first kappa shape index (κ1) is 18.5. The van der Waals surface area contributed by atoms with Crippen LogP contribution in [-0.2, 0) is 4.79 Å². The van der Waals surface area contributed by atoms with Crippen LogP contribution >= 0.6 is 27.5 Å². The van der Waals surface area contributed by atoms with Crippen LogP contribution in [0, 0.1) is 0 Å². The fourth-order valence-corrected chi connectivity index (χ4v) is 2.96. The van der Waals surface area contributed by atoms with Gasteiger partial charge in [0.25, 0.3) is 5.91 Å². The van der Waals surface area contributed by atoms with Gasteiger partial charge >= 0.3 is 0 Å². The number of halogens is 2. The molecule has 1 atom stereocenters. The summed E-state index contributed by atoms with van der Waals surface area (Å²) in [7, 11) is 0. The minimum atomic E-state index is -0.224. The van der Waals surface area contributed by atoms with Gasteiger partial charge in [0.2, 0.25) is 5.91 Å². The minimum absolute atomic E-state index is 0.111. The second-order valence-electron chi connectivity index (χ2n) is 5.32. The van der Waals surface area contributed by atoms with Crippen LogP contribution in [0.1, 0.15) is 35.3 Å². The summed E-state index contributed by atoms with van der Waals surface area (Å²) in [5.74, 6) is -0.340. The Hall–Kier alpha value is -1.85. The summed E-state index contributed by atoms with van der Waals surface area (Å²) in [4.78, 5) is 23.9. The van der Waals surface area contributed by atoms with Crippen molar-refractivity contribution in [2.24, 2.45) is 0 Å². The molecule has 0 heterocycles. The molecule has 0 aromatic heterocycles. The second-order valence-corrected chi connectivity index (χ2v) is 6.61. The highest BCUT2D eigenvalue weighted by atomic mass is 79.9. The summed E-state index contributed by atoms with van der Waals surface area (Å²) in [5.41, 5.74) is 1.53. The molecule has 6 heteroatoms. The Labute approximate surface area is 154 Å². The molecule has 24 heavy (non-hydrogen) atoms. The Bertz CT molecular complexity index is 719. The van der Waals surface area contributed by atoms with Crippen LogP contribution in [-0.4, -0.2) is 18.4 Å². The highest BCUT2D eigenvalue weighted by Crippen LogP contribution is 2.22. The Morgan fingerprint density at radius 1 is 1.12 bits per heavy atom. The molecule has 0 aliphatic heterocycles. The zero-order chi connectivity index (χ0) is 17.5. The molecule has 0 saturated heterocycles. The molecule has 2 N–H and O–H groups in total. The molecule has 126 valence electrons. The van der Waals surface area contributed by atoms with Gasteiger partial charge in [-0.25, -0.2) is 0 Å². The average Bonchev–Trinajstić information content (AvgIpc) is 2.55. The van der Waals surface area contributed by atoms with Crippen LogP contribution in [0.4, 0.5) is 0 Å². The molecule has 2 aromatic carbocycles. The van der Waals surface area contributed by atoms with E-state index in [1.807, 2.05) is 31.2 Å². The van der Waals surface area contributed by atoms with Crippen LogP contribution in [0.15, 0.2) is 53.0 Å². The lowest BCUT2D eigenvalue weighted by Gasteiger charge is -2.16. The average molecular weight is 410 g/mol. The molecule has 0 saturated carbocycles. The monoisotopic (exact) mass is 408 g/mol. The van der Waals surface area contributed by atoms with Crippen molar-refractivity contribution in [3.05, 3.63) is 69.2 Å². The standard InChI is InChI=1S/C18H18BrClN2O2/c1-12(15-4-2-3-5-16(15)19)22-17(23)10-11-21-18(24)13-6-8-14(20)9-7-13/h2-9,12H,10-11H2,1H3,(H,21,24)(H,22,23)/t12-/m0/s1. The van der Waals surface area contributed by atoms with Gasteiger partial charge in [-0.15, -0.1) is 0 Å². The van der Waals surface area contributed by atoms with Crippen molar-refractivity contribution in [1.82, 2.24) is 10.6 Å². The fraction of sp³-hybridized carbons (Fsp3) is 0.222. The highest BCUT2D eigenvalue weighted by molar-refractivity contribution is 9.10. The third-order valence-corrected chi connectivity index (χ3v) is 4.47. The van der Waals surface area contributed by atoms with Crippen molar-refractivity contribution in [3.63, 3.8) is 0 Å². The SMILES string of the molecule is C[C@H](NC(=O)CCNC(=O)c1ccc(Cl)cc1)c1ccccc1Br. The normalized spacial score (nSPS) is 11.6. The van der Waals surface area contributed by atoms with Crippen molar-refractivity contribution in [2.75, 3.05) is 6.54 Å². The molecule has 0 aliphatic rings. The fourth-order valence-electron chi connectivity index (χ4n) is 2.21. The molecule has 4 nitrogen and oxygen atoms in total. The Kier molecular flexibility index (Phi) is 6.82. The summed E-state index contributed by atoms with van der Waals surface area (Å²) < 4.78 is 0.953. The first-order valence-electron chi connectivity index (χ1n) is 7.55. The van der Waals surface area contributed by atoms with E-state index in [1.54, 1.807) is 24.3 Å². The predicted octanol–water partition coefficient (Wildman–Crippen LogP) is 4.10. The quantitative estimate of drug-likeness (QED) is 0.754. The topological polar surface area (TPSA) is 58.2 Å². The van der Waals surface area contributed by atoms with Gasteiger partial charge < -0.3 is 10.6 Å². The third-order valence-electron chi connectivity index (χ3n) is 3.49. The van der Waals surface area contributed by atoms with Gasteiger partial charge in [0.05, 0.1) is 6.04 Å². The predicted molar refractivity (Wildman–Crippen MR) is 99.1 cm³/mol. The number of carbonyl (C=O) groups is 2. The van der Waals surface area contributed by atoms with Gasteiger partial charge in [-0.1, -0.05) is 45.7 Å². The molecule has 0 fully saturated rings. The first-order chi connectivity index (χ1) is 11.5. The molecule has 0 unspecified atom stereocenters. The molecule has 2 rings (SSSR count). The lowest BCUT2D eigenvalue weighted by atomic mass is 10.1. The van der Waals surface area contributed by atoms with Gasteiger partial charge in [-0.05, 0) is 42.8 Å². The number of rotatable bonds is 6. The lowest BCUT2D eigenvalue weighted by Crippen LogP contribution is -2.32. The molecule has 0 spiro atoms. The van der Waals surface area contributed by atoms with Crippen molar-refractivity contribution < 1.29 is 9.59 Å². The Balaban J connectivity index is 1.78. The van der Waals surface area contributed by atoms with Crippen molar-refractivity contribution >= 4 is 39.3 Å². The Morgan fingerprint density at radius 3 is 2.46 bits per heavy atom. The van der Waals surface area contributed by atoms with Crippen LogP contribution in [0.3, 0.4) is 0 Å². The molecule has 2 aromatic rings. The van der Waals surface area contributed by atoms with Crippen molar-refractivity contribution in [1.29, 1.82) is 0 Å². The summed E-state index contributed by atoms with van der Waals surface area (Å²) in [5, 5.41) is 6.22. The lowest BCUT2D eigenvalue weighted by molar-refractivity contribution is -0.121. The number of nitrogens with one attached hydrogen (secondary N) is 2. The molecule has 0 radical (unpaired) electrons. The van der Waals surface area contributed by atoms with E-state index in [-0.39, 0.29) is 30.8 Å². The number of hydrogen-bond donors (Lipinski definition) is 2. The minimum Gasteiger partial charge on any atom is -0.352 e. The Morgan fingerprint density at radius 2 is 1.79 bits per heavy atom. The van der Waals surface area contributed by atoms with E-state index in [0.29, 0.717) is 10.6 Å². The van der Waals surface area contributed by atoms with E-state index in [4.69, 9.17) is 11.6 Å². The molecular weight excluding hydrogens is 392 g/mol. The summed E-state index contributed by atoms with van der Waals surface area (Å²) in [6, 6.07) is 14.2. The third kappa shape index (κ3) is 5.35. The van der Waals surface area contributed by atoms with Gasteiger partial charge in [0.1, 0.15) is 0 Å². The van der Waals surface area contributed by atoms with Gasteiger partial charge in [0.15, 0.2) is 0 Å². The molecule has 0 bridgehead atoms. The summed E-state index contributed by atoms with van der Waals surface area (Å²) in [6.45, 7) is 2.19. The maximum absolute atomic E-state index is 12.0. The molecule has 0 aliphatic carbocycles. The molecular formula is C18H18BrClN2O2. The van der Waals surface area contributed by atoms with E-state index >= 15 is 0 Å². The maximum atomic E-state index is 12.0. The van der Waals surface area contributed by atoms with E-state index < -0.39 is 0 Å².